The molecule has 0 bridgehead atoms. The second kappa shape index (κ2) is 47.5. The molecular formula is C53H102O17P2. The molecule has 426 valence electrons. The van der Waals surface area contributed by atoms with Gasteiger partial charge < -0.3 is 33.8 Å². The molecule has 0 saturated carbocycles. The largest absolute Gasteiger partial charge is 0.472 e. The standard InChI is InChI=1S/C53H102O17P2/c1-6-9-12-15-17-19-23-27-32-37-51(56)64-43-49(70-53(58)39-34-29-24-20-21-26-30-35-46(4)5)45-68-72(61,62)66-41-47(54)40-65-71(59,60)67-44-48(42-63-50(55)36-31-25-14-11-8-3)69-52(57)38-33-28-22-18-16-13-10-7-2/h46-49,54H,6-45H2,1-5H3,(H,59,60)(H,61,62)/t47-,48+,49+/m0/s1. The van der Waals surface area contributed by atoms with Crippen LogP contribution in [0.2, 0.25) is 0 Å². The Hall–Kier alpha value is -1.94. The molecule has 0 radical (unpaired) electrons. The molecule has 0 saturated heterocycles. The SMILES string of the molecule is CCCCCCCCCCCC(=O)OC[C@H](COP(=O)(O)OC[C@@H](O)COP(=O)(O)OC[C@@H](COC(=O)CCCCCCC)OC(=O)CCCCCCCCCC)OC(=O)CCCCCCCCCC(C)C. The van der Waals surface area contributed by atoms with E-state index in [-0.39, 0.29) is 25.7 Å². The third-order valence-electron chi connectivity index (χ3n) is 12.0. The highest BCUT2D eigenvalue weighted by Crippen LogP contribution is 2.45. The van der Waals surface area contributed by atoms with Crippen LogP contribution < -0.4 is 0 Å². The molecule has 5 atom stereocenters. The van der Waals surface area contributed by atoms with Crippen LogP contribution in [0.3, 0.4) is 0 Å². The van der Waals surface area contributed by atoms with Gasteiger partial charge in [-0.3, -0.25) is 37.3 Å². The van der Waals surface area contributed by atoms with Crippen molar-refractivity contribution < 1.29 is 80.2 Å². The van der Waals surface area contributed by atoms with Crippen LogP contribution in [0.25, 0.3) is 0 Å². The Morgan fingerprint density at radius 2 is 0.639 bits per heavy atom. The summed E-state index contributed by atoms with van der Waals surface area (Å²) < 4.78 is 67.2. The van der Waals surface area contributed by atoms with Crippen LogP contribution in [0.1, 0.15) is 253 Å². The molecule has 0 heterocycles. The maximum Gasteiger partial charge on any atom is 0.472 e. The van der Waals surface area contributed by atoms with E-state index < -0.39 is 97.5 Å². The molecule has 3 N–H and O–H groups in total. The number of carbonyl (C=O) groups excluding carboxylic acids is 4. The number of unbranched alkanes of at least 4 members (excludes halogenated alkanes) is 25. The van der Waals surface area contributed by atoms with Crippen LogP contribution in [0, 0.1) is 5.92 Å². The second-order valence-corrected chi connectivity index (χ2v) is 22.6. The predicted molar refractivity (Wildman–Crippen MR) is 280 cm³/mol. The van der Waals surface area contributed by atoms with E-state index in [1.54, 1.807) is 0 Å². The Morgan fingerprint density at radius 1 is 0.375 bits per heavy atom. The van der Waals surface area contributed by atoms with Crippen molar-refractivity contribution in [1.29, 1.82) is 0 Å². The molecular weight excluding hydrogens is 971 g/mol. The lowest BCUT2D eigenvalue weighted by Gasteiger charge is -2.21. The number of aliphatic hydroxyl groups is 1. The van der Waals surface area contributed by atoms with Crippen molar-refractivity contribution in [3.8, 4) is 0 Å². The Bertz CT molecular complexity index is 1430. The van der Waals surface area contributed by atoms with Gasteiger partial charge in [-0.25, -0.2) is 9.13 Å². The van der Waals surface area contributed by atoms with Gasteiger partial charge in [0.15, 0.2) is 12.2 Å². The van der Waals surface area contributed by atoms with Gasteiger partial charge in [0, 0.05) is 25.7 Å². The van der Waals surface area contributed by atoms with Gasteiger partial charge >= 0.3 is 39.5 Å². The lowest BCUT2D eigenvalue weighted by Crippen LogP contribution is -2.30. The summed E-state index contributed by atoms with van der Waals surface area (Å²) >= 11 is 0. The minimum atomic E-state index is -4.93. The first kappa shape index (κ1) is 70.1. The van der Waals surface area contributed by atoms with Crippen molar-refractivity contribution in [3.05, 3.63) is 0 Å². The van der Waals surface area contributed by atoms with E-state index in [2.05, 4.69) is 34.6 Å². The van der Waals surface area contributed by atoms with Gasteiger partial charge in [0.2, 0.25) is 0 Å². The van der Waals surface area contributed by atoms with E-state index in [0.29, 0.717) is 31.6 Å². The molecule has 0 aliphatic heterocycles. The molecule has 0 spiro atoms. The summed E-state index contributed by atoms with van der Waals surface area (Å²) in [5.74, 6) is -1.47. The van der Waals surface area contributed by atoms with Crippen LogP contribution >= 0.6 is 15.6 Å². The summed E-state index contributed by atoms with van der Waals surface area (Å²) in [5, 5.41) is 10.4. The van der Waals surface area contributed by atoms with Crippen molar-refractivity contribution in [3.63, 3.8) is 0 Å². The van der Waals surface area contributed by atoms with Gasteiger partial charge in [-0.2, -0.15) is 0 Å². The third-order valence-corrected chi connectivity index (χ3v) is 13.9. The summed E-state index contributed by atoms with van der Waals surface area (Å²) in [4.78, 5) is 71.3. The number of carbonyl (C=O) groups is 4. The van der Waals surface area contributed by atoms with Crippen molar-refractivity contribution in [2.75, 3.05) is 39.6 Å². The zero-order valence-corrected chi connectivity index (χ0v) is 47.3. The molecule has 0 rings (SSSR count). The van der Waals surface area contributed by atoms with Gasteiger partial charge in [-0.15, -0.1) is 0 Å². The van der Waals surface area contributed by atoms with Gasteiger partial charge in [0.05, 0.1) is 26.4 Å². The molecule has 2 unspecified atom stereocenters. The number of esters is 4. The summed E-state index contributed by atoms with van der Waals surface area (Å²) in [6.45, 7) is 6.91. The molecule has 72 heavy (non-hydrogen) atoms. The number of ether oxygens (including phenoxy) is 4. The zero-order valence-electron chi connectivity index (χ0n) is 45.5. The van der Waals surface area contributed by atoms with Crippen molar-refractivity contribution >= 4 is 39.5 Å². The first-order chi connectivity index (χ1) is 34.5. The quantitative estimate of drug-likeness (QED) is 0.0222. The number of aliphatic hydroxyl groups excluding tert-OH is 1. The topological polar surface area (TPSA) is 237 Å². The summed E-state index contributed by atoms with van der Waals surface area (Å²) in [6, 6.07) is 0. The highest BCUT2D eigenvalue weighted by Gasteiger charge is 2.30. The van der Waals surface area contributed by atoms with Crippen LogP contribution in [0.4, 0.5) is 0 Å². The normalized spacial score (nSPS) is 14.6. The fourth-order valence-electron chi connectivity index (χ4n) is 7.64. The molecule has 17 nitrogen and oxygen atoms in total. The van der Waals surface area contributed by atoms with Crippen molar-refractivity contribution in [2.45, 2.75) is 271 Å². The van der Waals surface area contributed by atoms with E-state index >= 15 is 0 Å². The number of phosphoric ester groups is 2. The summed E-state index contributed by atoms with van der Waals surface area (Å²) in [7, 11) is -9.85. The van der Waals surface area contributed by atoms with E-state index in [9.17, 15) is 43.2 Å². The highest BCUT2D eigenvalue weighted by molar-refractivity contribution is 7.47. The minimum absolute atomic E-state index is 0.103. The monoisotopic (exact) mass is 1070 g/mol. The van der Waals surface area contributed by atoms with Crippen LogP contribution in [0.15, 0.2) is 0 Å². The second-order valence-electron chi connectivity index (χ2n) is 19.7. The first-order valence-electron chi connectivity index (χ1n) is 28.1. The predicted octanol–water partition coefficient (Wildman–Crippen LogP) is 13.5. The van der Waals surface area contributed by atoms with Crippen LogP contribution in [-0.4, -0.2) is 96.7 Å². The maximum absolute atomic E-state index is 12.8. The fraction of sp³-hybridized carbons (Fsp3) is 0.925. The first-order valence-corrected chi connectivity index (χ1v) is 31.1. The Kier molecular flexibility index (Phi) is 46.2. The van der Waals surface area contributed by atoms with Gasteiger partial charge in [-0.05, 0) is 31.6 Å². The average Bonchev–Trinajstić information content (AvgIpc) is 3.34. The maximum atomic E-state index is 12.8. The van der Waals surface area contributed by atoms with Crippen LogP contribution in [-0.2, 0) is 65.4 Å². The molecule has 0 aromatic rings. The molecule has 19 heteroatoms. The van der Waals surface area contributed by atoms with Crippen molar-refractivity contribution in [1.82, 2.24) is 0 Å². The molecule has 0 aromatic heterocycles. The number of hydrogen-bond acceptors (Lipinski definition) is 15. The molecule has 0 aliphatic carbocycles. The van der Waals surface area contributed by atoms with E-state index in [4.69, 9.17) is 37.0 Å². The number of rotatable bonds is 53. The number of phosphoric acid groups is 2. The molecule has 0 fully saturated rings. The van der Waals surface area contributed by atoms with Crippen molar-refractivity contribution in [2.24, 2.45) is 5.92 Å². The van der Waals surface area contributed by atoms with Gasteiger partial charge in [0.25, 0.3) is 0 Å². The molecule has 0 amide bonds. The zero-order chi connectivity index (χ0) is 53.6. The van der Waals surface area contributed by atoms with Crippen LogP contribution in [0.5, 0.6) is 0 Å². The summed E-state index contributed by atoms with van der Waals surface area (Å²) in [6.07, 6.45) is 27.1. The van der Waals surface area contributed by atoms with E-state index in [1.807, 2.05) is 0 Å². The Balaban J connectivity index is 5.18. The average molecular weight is 1070 g/mol. The lowest BCUT2D eigenvalue weighted by molar-refractivity contribution is -0.161. The Morgan fingerprint density at radius 3 is 0.944 bits per heavy atom. The number of hydrogen-bond donors (Lipinski definition) is 3. The van der Waals surface area contributed by atoms with Gasteiger partial charge in [-0.1, -0.05) is 202 Å². The minimum Gasteiger partial charge on any atom is -0.462 e. The fourth-order valence-corrected chi connectivity index (χ4v) is 9.22. The summed E-state index contributed by atoms with van der Waals surface area (Å²) in [5.41, 5.74) is 0. The highest BCUT2D eigenvalue weighted by atomic mass is 31.2. The lowest BCUT2D eigenvalue weighted by atomic mass is 10.0. The third kappa shape index (κ3) is 47.8. The van der Waals surface area contributed by atoms with E-state index in [1.165, 1.54) is 64.2 Å². The van der Waals surface area contributed by atoms with E-state index in [0.717, 1.165) is 103 Å². The molecule has 0 aromatic carbocycles. The smallest absolute Gasteiger partial charge is 0.462 e. The Labute approximate surface area is 435 Å². The molecule has 0 aliphatic rings. The van der Waals surface area contributed by atoms with Gasteiger partial charge in [0.1, 0.15) is 19.3 Å².